The smallest absolute Gasteiger partial charge is 0.410 e. The minimum Gasteiger partial charge on any atom is -0.478 e. The minimum atomic E-state index is -4.34. The van der Waals surface area contributed by atoms with Crippen molar-refractivity contribution in [2.75, 3.05) is 36.9 Å². The molecule has 0 bridgehead atoms. The fourth-order valence-electron chi connectivity index (χ4n) is 11.8. The average molecular weight is 1480 g/mol. The molecule has 31 heteroatoms. The molecule has 10 rings (SSSR count). The molecule has 4 fully saturated rings. The Morgan fingerprint density at radius 1 is 0.604 bits per heavy atom. The second kappa shape index (κ2) is 31.8. The molecule has 0 spiro atoms. The summed E-state index contributed by atoms with van der Waals surface area (Å²) in [7, 11) is -8.17. The first-order valence-corrected chi connectivity index (χ1v) is 37.8. The summed E-state index contributed by atoms with van der Waals surface area (Å²) in [5, 5.41) is 28.5. The second-order valence-electron chi connectivity index (χ2n) is 30.7. The molecule has 2 saturated carbocycles. The van der Waals surface area contributed by atoms with Gasteiger partial charge in [-0.15, -0.1) is 10.2 Å². The fourth-order valence-corrected chi connectivity index (χ4v) is 13.7. The lowest BCUT2D eigenvalue weighted by Gasteiger charge is -2.33. The summed E-state index contributed by atoms with van der Waals surface area (Å²) in [4.78, 5) is 69.5. The summed E-state index contributed by atoms with van der Waals surface area (Å²) in [5.74, 6) is 1.20. The molecule has 27 nitrogen and oxygen atoms in total. The minimum absolute atomic E-state index is 0.0354. The Morgan fingerprint density at radius 2 is 1.01 bits per heavy atom. The number of aromatic carboxylic acids is 1. The highest BCUT2D eigenvalue weighted by molar-refractivity contribution is 7.90. The summed E-state index contributed by atoms with van der Waals surface area (Å²) in [6.45, 7) is 30.4. The van der Waals surface area contributed by atoms with Crippen LogP contribution in [0.1, 0.15) is 195 Å². The van der Waals surface area contributed by atoms with E-state index in [9.17, 15) is 36.0 Å². The number of nitrogens with zero attached hydrogens (tertiary/aromatic N) is 10. The number of halogens is 2. The average Bonchev–Trinajstić information content (AvgIpc) is 0.997. The summed E-state index contributed by atoms with van der Waals surface area (Å²) in [6.07, 6.45) is 15.0. The number of hydrogen-bond acceptors (Lipinski definition) is 20. The third kappa shape index (κ3) is 23.3. The number of rotatable bonds is 25. The van der Waals surface area contributed by atoms with Crippen molar-refractivity contribution < 1.29 is 60.1 Å². The highest BCUT2D eigenvalue weighted by atomic mass is 35.5. The number of nitrogens with two attached hydrogens (primary N) is 1. The number of carboxylic acid groups (broad SMARTS) is 1. The van der Waals surface area contributed by atoms with E-state index in [4.69, 9.17) is 52.4 Å². The zero-order valence-electron chi connectivity index (χ0n) is 60.2. The van der Waals surface area contributed by atoms with Crippen LogP contribution in [0.4, 0.5) is 21.2 Å². The first-order valence-electron chi connectivity index (χ1n) is 34.0. The van der Waals surface area contributed by atoms with E-state index in [1.165, 1.54) is 65.4 Å². The second-order valence-corrected chi connectivity index (χ2v) is 34.6. The number of anilines is 2. The monoisotopic (exact) mass is 1480 g/mol. The standard InChI is InChI=1S/C35H48ClN7O6S.C20H34N4O4S.C15H16ClN3O3/c1-23(11-12-24-21-34(5,6)42(22-24)32(45)49-33(2,3)4)37-26-9-8-10-29(38-26)50(46,47)41-31(44)25-13-14-27(39-30(25)36)43-19-15-28(40-43)48-20-18-35(7)16-17-35;1-14(22-16-8-7-9-17(23-16)29(21,26)27)10-11-15-12-20(5,6)24(13-15)18(25)28-19(2,3)4;1-15(5-6-15)7-9-22-12-4-8-19(18-12)11-3-2-10(14(20)21)13(16)17-11/h8-10,13-15,19,23-24H,11-12,16-18,20-22H2,1-7H3,(H,37,38)(H,41,44);7-9,14-15H,10-13H2,1-6H3,(H,22,23)(H2,21,26,27);2-4,8H,5-7,9H2,1H3,(H,20,21). The number of pyridine rings is 4. The van der Waals surface area contributed by atoms with Crippen LogP contribution in [0.5, 0.6) is 11.8 Å². The molecule has 0 aromatic carbocycles. The van der Waals surface area contributed by atoms with Gasteiger partial charge in [-0.25, -0.2) is 62.0 Å². The van der Waals surface area contributed by atoms with Gasteiger partial charge in [0.15, 0.2) is 21.7 Å². The van der Waals surface area contributed by atoms with Gasteiger partial charge in [-0.1, -0.05) is 49.2 Å². The van der Waals surface area contributed by atoms with Crippen LogP contribution in [0.3, 0.4) is 0 Å². The Labute approximate surface area is 602 Å². The van der Waals surface area contributed by atoms with Crippen molar-refractivity contribution >= 4 is 78.9 Å². The van der Waals surface area contributed by atoms with Crippen molar-refractivity contribution in [3.05, 3.63) is 107 Å². The van der Waals surface area contributed by atoms with Crippen molar-refractivity contribution in [2.24, 2.45) is 27.8 Å². The number of carbonyl (C=O) groups excluding carboxylic acids is 3. The maximum Gasteiger partial charge on any atom is 0.410 e. The number of amides is 3. The van der Waals surface area contributed by atoms with Gasteiger partial charge in [0.1, 0.15) is 33.1 Å². The molecule has 4 aliphatic rings. The maximum absolute atomic E-state index is 13.2. The Hall–Kier alpha value is -7.86. The lowest BCUT2D eigenvalue weighted by Crippen LogP contribution is -2.45. The van der Waals surface area contributed by atoms with Gasteiger partial charge in [0, 0.05) is 60.8 Å². The number of nitrogens with one attached hydrogen (secondary N) is 3. The molecule has 2 saturated heterocycles. The van der Waals surface area contributed by atoms with Crippen molar-refractivity contribution in [1.29, 1.82) is 0 Å². The molecule has 0 radical (unpaired) electrons. The quantitative estimate of drug-likeness (QED) is 0.0332. The van der Waals surface area contributed by atoms with E-state index in [1.54, 1.807) is 54.9 Å². The predicted molar refractivity (Wildman–Crippen MR) is 384 cm³/mol. The molecule has 8 heterocycles. The number of primary sulfonamides is 1. The lowest BCUT2D eigenvalue weighted by molar-refractivity contribution is 0.0118. The third-order valence-electron chi connectivity index (χ3n) is 18.1. The molecule has 2 aliphatic heterocycles. The zero-order chi connectivity index (χ0) is 74.3. The molecule has 552 valence electrons. The number of likely N-dealkylation sites (tertiary alicyclic amines) is 2. The van der Waals surface area contributed by atoms with E-state index in [0.29, 0.717) is 84.0 Å². The number of hydrogen-bond donors (Lipinski definition) is 5. The number of ether oxygens (including phenoxy) is 4. The first kappa shape index (κ1) is 78.9. The predicted octanol–water partition coefficient (Wildman–Crippen LogP) is 13.2. The van der Waals surface area contributed by atoms with E-state index in [1.807, 2.05) is 69.9 Å². The molecule has 6 N–H and O–H groups in total. The van der Waals surface area contributed by atoms with Gasteiger partial charge >= 0.3 is 18.2 Å². The molecule has 6 aromatic rings. The van der Waals surface area contributed by atoms with Crippen molar-refractivity contribution in [3.8, 4) is 23.4 Å². The van der Waals surface area contributed by atoms with Gasteiger partial charge < -0.3 is 44.5 Å². The van der Waals surface area contributed by atoms with E-state index >= 15 is 0 Å². The van der Waals surface area contributed by atoms with Crippen molar-refractivity contribution in [1.82, 2.24) is 54.0 Å². The van der Waals surface area contributed by atoms with E-state index < -0.39 is 43.1 Å². The van der Waals surface area contributed by atoms with E-state index in [0.717, 1.165) is 51.4 Å². The topological polar surface area (TPSA) is 350 Å². The summed E-state index contributed by atoms with van der Waals surface area (Å²) in [5.41, 5.74) is -0.962. The zero-order valence-corrected chi connectivity index (χ0v) is 63.3. The highest BCUT2D eigenvalue weighted by Gasteiger charge is 2.45. The maximum atomic E-state index is 13.2. The van der Waals surface area contributed by atoms with E-state index in [2.05, 4.69) is 82.3 Å². The summed E-state index contributed by atoms with van der Waals surface area (Å²) in [6, 6.07) is 18.6. The molecule has 4 atom stereocenters. The molecule has 101 heavy (non-hydrogen) atoms. The Morgan fingerprint density at radius 3 is 1.40 bits per heavy atom. The number of sulfonamides is 2. The molecule has 4 unspecified atom stereocenters. The Bertz CT molecular complexity index is 4150. The van der Waals surface area contributed by atoms with Crippen molar-refractivity contribution in [3.63, 3.8) is 0 Å². The lowest BCUT2D eigenvalue weighted by atomic mass is 9.92. The van der Waals surface area contributed by atoms with Crippen LogP contribution in [-0.2, 0) is 29.5 Å². The SMILES string of the molecule is CC(CCC1CN(C(=O)OC(C)(C)C)C(C)(C)C1)Nc1cccc(S(=O)(=O)NC(=O)c2ccc(-n3ccc(OCCC4(C)CC4)n3)nc2Cl)n1.CC(CCC1CN(C(=O)OC(C)(C)C)C(C)(C)C1)Nc1cccc(S(N)(=O)=O)n1.CC1(CCOc2ccn(-c3ccc(C(=O)O)c(Cl)n3)n2)CC1. The normalized spacial score (nSPS) is 18.5. The van der Waals surface area contributed by atoms with Gasteiger partial charge in [-0.3, -0.25) is 4.79 Å². The number of carbonyl (C=O) groups is 4. The molecule has 6 aromatic heterocycles. The fraction of sp³-hybridized carbons (Fsp3) is 0.571. The van der Waals surface area contributed by atoms with Crippen LogP contribution in [0.25, 0.3) is 11.6 Å². The summed E-state index contributed by atoms with van der Waals surface area (Å²) < 4.78 is 76.8. The number of aromatic nitrogens is 8. The Balaban J connectivity index is 0.000000214. The highest BCUT2D eigenvalue weighted by Crippen LogP contribution is 2.49. The summed E-state index contributed by atoms with van der Waals surface area (Å²) >= 11 is 12.2. The van der Waals surface area contributed by atoms with Crippen LogP contribution in [0, 0.1) is 22.7 Å². The Kier molecular flexibility index (Phi) is 24.8. The van der Waals surface area contributed by atoms with Gasteiger partial charge in [0.05, 0.1) is 24.3 Å². The van der Waals surface area contributed by atoms with Gasteiger partial charge in [-0.05, 0) is 231 Å². The van der Waals surface area contributed by atoms with Crippen LogP contribution in [-0.4, -0.2) is 156 Å². The van der Waals surface area contributed by atoms with Crippen LogP contribution < -0.4 is 30.0 Å². The van der Waals surface area contributed by atoms with Crippen LogP contribution >= 0.6 is 23.2 Å². The van der Waals surface area contributed by atoms with Gasteiger partial charge in [0.2, 0.25) is 11.8 Å². The molecular formula is C70H98Cl2N14O13S2. The van der Waals surface area contributed by atoms with Crippen molar-refractivity contribution in [2.45, 2.75) is 218 Å². The molecule has 2 aliphatic carbocycles. The van der Waals surface area contributed by atoms with Gasteiger partial charge in [0.25, 0.3) is 26.0 Å². The van der Waals surface area contributed by atoms with Crippen LogP contribution in [0.15, 0.2) is 95.2 Å². The van der Waals surface area contributed by atoms with Gasteiger partial charge in [-0.2, -0.15) is 8.42 Å². The third-order valence-corrected chi connectivity index (χ3v) is 20.7. The first-order chi connectivity index (χ1) is 47.0. The van der Waals surface area contributed by atoms with E-state index in [-0.39, 0.29) is 66.8 Å². The number of carboxylic acids is 1. The molecule has 3 amide bonds. The van der Waals surface area contributed by atoms with Crippen LogP contribution in [0.2, 0.25) is 10.3 Å². The molecular weight excluding hydrogens is 1380 g/mol. The largest absolute Gasteiger partial charge is 0.478 e.